The second kappa shape index (κ2) is 8.35. The number of ether oxygens (including phenoxy) is 1. The van der Waals surface area contributed by atoms with Gasteiger partial charge in [0.2, 0.25) is 0 Å². The van der Waals surface area contributed by atoms with Crippen LogP contribution in [0.5, 0.6) is 5.75 Å². The Labute approximate surface area is 118 Å². The summed E-state index contributed by atoms with van der Waals surface area (Å²) in [5.74, 6) is 0.845. The van der Waals surface area contributed by atoms with E-state index in [2.05, 4.69) is 20.4 Å². The van der Waals surface area contributed by atoms with Crippen molar-refractivity contribution in [2.45, 2.75) is 40.0 Å². The van der Waals surface area contributed by atoms with Crippen LogP contribution in [-0.4, -0.2) is 25.2 Å². The van der Waals surface area contributed by atoms with E-state index in [1.807, 2.05) is 26.8 Å². The Kier molecular flexibility index (Phi) is 6.76. The molecule has 1 aromatic carbocycles. The minimum atomic E-state index is -2.81. The maximum atomic E-state index is 12.1. The Bertz CT molecular complexity index is 436. The van der Waals surface area contributed by atoms with Gasteiger partial charge >= 0.3 is 6.61 Å². The molecule has 0 atom stereocenters. The fourth-order valence-electron chi connectivity index (χ4n) is 1.58. The van der Waals surface area contributed by atoms with Crippen LogP contribution < -0.4 is 15.4 Å². The number of hydrogen-bond donors (Lipinski definition) is 2. The minimum absolute atomic E-state index is 0.148. The van der Waals surface area contributed by atoms with Crippen molar-refractivity contribution >= 4 is 5.96 Å². The number of hydrogen-bond acceptors (Lipinski definition) is 2. The second-order valence-electron chi connectivity index (χ2n) is 4.52. The first-order valence-corrected chi connectivity index (χ1v) is 6.60. The molecule has 0 bridgehead atoms. The van der Waals surface area contributed by atoms with E-state index in [4.69, 9.17) is 0 Å². The van der Waals surface area contributed by atoms with E-state index >= 15 is 0 Å². The molecule has 0 aliphatic rings. The van der Waals surface area contributed by atoms with Gasteiger partial charge in [-0.2, -0.15) is 8.78 Å². The standard InChI is InChI=1S/C14H21F2N3O/c1-4-17-14(19-10(2)3)18-9-11-6-5-7-12(8-11)20-13(15)16/h5-8,10,13H,4,9H2,1-3H3,(H2,17,18,19). The number of guanidine groups is 1. The minimum Gasteiger partial charge on any atom is -0.435 e. The lowest BCUT2D eigenvalue weighted by Crippen LogP contribution is -2.40. The summed E-state index contributed by atoms with van der Waals surface area (Å²) in [6.07, 6.45) is 0. The summed E-state index contributed by atoms with van der Waals surface area (Å²) in [5.41, 5.74) is 0.809. The molecule has 0 radical (unpaired) electrons. The summed E-state index contributed by atoms with van der Waals surface area (Å²) < 4.78 is 28.6. The molecule has 0 spiro atoms. The lowest BCUT2D eigenvalue weighted by Gasteiger charge is -2.14. The summed E-state index contributed by atoms with van der Waals surface area (Å²) in [7, 11) is 0. The third-order valence-corrected chi connectivity index (χ3v) is 2.31. The monoisotopic (exact) mass is 285 g/mol. The van der Waals surface area contributed by atoms with E-state index in [0.29, 0.717) is 12.5 Å². The van der Waals surface area contributed by atoms with Crippen LogP contribution in [0, 0.1) is 0 Å². The van der Waals surface area contributed by atoms with Gasteiger partial charge in [0.1, 0.15) is 5.75 Å². The van der Waals surface area contributed by atoms with Crippen LogP contribution in [0.25, 0.3) is 0 Å². The highest BCUT2D eigenvalue weighted by Crippen LogP contribution is 2.16. The van der Waals surface area contributed by atoms with Crippen LogP contribution in [0.2, 0.25) is 0 Å². The first-order chi connectivity index (χ1) is 9.51. The highest BCUT2D eigenvalue weighted by atomic mass is 19.3. The predicted octanol–water partition coefficient (Wildman–Crippen LogP) is 2.75. The number of halogens is 2. The lowest BCUT2D eigenvalue weighted by atomic mass is 10.2. The van der Waals surface area contributed by atoms with E-state index in [0.717, 1.165) is 12.1 Å². The predicted molar refractivity (Wildman–Crippen MR) is 76.2 cm³/mol. The molecule has 0 unspecified atom stereocenters. The molecule has 0 saturated carbocycles. The van der Waals surface area contributed by atoms with Crippen molar-refractivity contribution in [2.24, 2.45) is 4.99 Å². The summed E-state index contributed by atoms with van der Waals surface area (Å²) >= 11 is 0. The zero-order chi connectivity index (χ0) is 15.0. The summed E-state index contributed by atoms with van der Waals surface area (Å²) in [6.45, 7) is 4.35. The van der Waals surface area contributed by atoms with E-state index in [1.54, 1.807) is 12.1 Å². The van der Waals surface area contributed by atoms with Crippen molar-refractivity contribution in [1.82, 2.24) is 10.6 Å². The molecule has 0 aliphatic carbocycles. The molecule has 0 amide bonds. The third-order valence-electron chi connectivity index (χ3n) is 2.31. The number of rotatable bonds is 6. The largest absolute Gasteiger partial charge is 0.435 e. The van der Waals surface area contributed by atoms with Crippen molar-refractivity contribution in [3.05, 3.63) is 29.8 Å². The van der Waals surface area contributed by atoms with Gasteiger partial charge in [-0.3, -0.25) is 0 Å². The number of nitrogens with one attached hydrogen (secondary N) is 2. The molecule has 0 heterocycles. The molecule has 4 nitrogen and oxygen atoms in total. The van der Waals surface area contributed by atoms with E-state index in [-0.39, 0.29) is 11.8 Å². The molecule has 1 rings (SSSR count). The molecular formula is C14H21F2N3O. The first-order valence-electron chi connectivity index (χ1n) is 6.60. The molecule has 112 valence electrons. The topological polar surface area (TPSA) is 45.7 Å². The first kappa shape index (κ1) is 16.2. The summed E-state index contributed by atoms with van der Waals surface area (Å²) in [5, 5.41) is 6.30. The van der Waals surface area contributed by atoms with Gasteiger partial charge in [0.05, 0.1) is 6.54 Å². The van der Waals surface area contributed by atoms with Gasteiger partial charge < -0.3 is 15.4 Å². The Balaban J connectivity index is 2.70. The second-order valence-corrected chi connectivity index (χ2v) is 4.52. The Morgan fingerprint density at radius 1 is 1.35 bits per heavy atom. The van der Waals surface area contributed by atoms with Gasteiger partial charge in [-0.1, -0.05) is 12.1 Å². The van der Waals surface area contributed by atoms with Crippen molar-refractivity contribution in [2.75, 3.05) is 6.54 Å². The van der Waals surface area contributed by atoms with Crippen molar-refractivity contribution in [1.29, 1.82) is 0 Å². The van der Waals surface area contributed by atoms with Crippen LogP contribution >= 0.6 is 0 Å². The van der Waals surface area contributed by atoms with Crippen molar-refractivity contribution < 1.29 is 13.5 Å². The van der Waals surface area contributed by atoms with Gasteiger partial charge in [0.25, 0.3) is 0 Å². The molecule has 1 aromatic rings. The highest BCUT2D eigenvalue weighted by molar-refractivity contribution is 5.79. The maximum absolute atomic E-state index is 12.1. The number of aliphatic imine (C=N–C) groups is 1. The smallest absolute Gasteiger partial charge is 0.387 e. The maximum Gasteiger partial charge on any atom is 0.387 e. The van der Waals surface area contributed by atoms with Gasteiger partial charge in [-0.25, -0.2) is 4.99 Å². The molecule has 6 heteroatoms. The SMILES string of the molecule is CCNC(=NCc1cccc(OC(F)F)c1)NC(C)C. The molecule has 2 N–H and O–H groups in total. The molecule has 0 aromatic heterocycles. The fraction of sp³-hybridized carbons (Fsp3) is 0.500. The molecule has 0 saturated heterocycles. The quantitative estimate of drug-likeness (QED) is 0.624. The third kappa shape index (κ3) is 6.36. The normalized spacial score (nSPS) is 11.8. The van der Waals surface area contributed by atoms with Crippen molar-refractivity contribution in [3.8, 4) is 5.75 Å². The van der Waals surface area contributed by atoms with Crippen LogP contribution in [-0.2, 0) is 6.54 Å². The summed E-state index contributed by atoms with van der Waals surface area (Å²) in [6, 6.07) is 6.82. The Morgan fingerprint density at radius 3 is 2.70 bits per heavy atom. The summed E-state index contributed by atoms with van der Waals surface area (Å²) in [4.78, 5) is 4.40. The van der Waals surface area contributed by atoms with E-state index < -0.39 is 6.61 Å². The van der Waals surface area contributed by atoms with Gasteiger partial charge in [0, 0.05) is 12.6 Å². The Hall–Kier alpha value is -1.85. The molecule has 0 aliphatic heterocycles. The average molecular weight is 285 g/mol. The van der Waals surface area contributed by atoms with Crippen LogP contribution in [0.1, 0.15) is 26.3 Å². The molecular weight excluding hydrogens is 264 g/mol. The van der Waals surface area contributed by atoms with Crippen LogP contribution in [0.4, 0.5) is 8.78 Å². The Morgan fingerprint density at radius 2 is 2.10 bits per heavy atom. The molecule has 0 fully saturated rings. The lowest BCUT2D eigenvalue weighted by molar-refractivity contribution is -0.0498. The average Bonchev–Trinajstić information content (AvgIpc) is 2.35. The van der Waals surface area contributed by atoms with E-state index in [1.165, 1.54) is 6.07 Å². The van der Waals surface area contributed by atoms with Gasteiger partial charge in [-0.05, 0) is 38.5 Å². The molecule has 20 heavy (non-hydrogen) atoms. The van der Waals surface area contributed by atoms with Crippen molar-refractivity contribution in [3.63, 3.8) is 0 Å². The number of benzene rings is 1. The zero-order valence-corrected chi connectivity index (χ0v) is 12.0. The zero-order valence-electron chi connectivity index (χ0n) is 12.0. The fourth-order valence-corrected chi connectivity index (χ4v) is 1.58. The van der Waals surface area contributed by atoms with Crippen LogP contribution in [0.3, 0.4) is 0 Å². The van der Waals surface area contributed by atoms with E-state index in [9.17, 15) is 8.78 Å². The van der Waals surface area contributed by atoms with Gasteiger partial charge in [-0.15, -0.1) is 0 Å². The number of nitrogens with zero attached hydrogens (tertiary/aromatic N) is 1. The van der Waals surface area contributed by atoms with Crippen LogP contribution in [0.15, 0.2) is 29.3 Å². The highest BCUT2D eigenvalue weighted by Gasteiger charge is 2.05. The van der Waals surface area contributed by atoms with Gasteiger partial charge in [0.15, 0.2) is 5.96 Å². The number of alkyl halides is 2.